The first-order valence-corrected chi connectivity index (χ1v) is 13.0. The molecule has 176 valence electrons. The van der Waals surface area contributed by atoms with E-state index in [0.717, 1.165) is 22.3 Å². The number of aromatic amines is 1. The second kappa shape index (κ2) is 10.1. The number of hydrogen-bond acceptors (Lipinski definition) is 7. The Kier molecular flexibility index (Phi) is 7.23. The number of carbonyl (C=O) groups is 1. The maximum atomic E-state index is 13.2. The number of hydrogen-bond donors (Lipinski definition) is 2. The van der Waals surface area contributed by atoms with E-state index in [1.807, 2.05) is 32.0 Å². The first-order valence-electron chi connectivity index (χ1n) is 10.6. The van der Waals surface area contributed by atoms with Crippen LogP contribution in [0.15, 0.2) is 46.5 Å². The quantitative estimate of drug-likeness (QED) is 0.467. The van der Waals surface area contributed by atoms with Crippen LogP contribution in [0.4, 0.5) is 5.69 Å². The number of aromatic nitrogens is 2. The fraction of sp³-hybridized carbons (Fsp3) is 0.364. The van der Waals surface area contributed by atoms with Gasteiger partial charge in [0.05, 0.1) is 42.3 Å². The smallest absolute Gasteiger partial charge is 0.245 e. The Morgan fingerprint density at radius 2 is 2.03 bits per heavy atom. The number of rotatable bonds is 8. The van der Waals surface area contributed by atoms with Crippen molar-refractivity contribution in [1.29, 1.82) is 0 Å². The predicted molar refractivity (Wildman–Crippen MR) is 127 cm³/mol. The van der Waals surface area contributed by atoms with Gasteiger partial charge in [-0.15, -0.1) is 0 Å². The summed E-state index contributed by atoms with van der Waals surface area (Å²) in [6, 6.07) is 10.6. The molecule has 0 unspecified atom stereocenters. The van der Waals surface area contributed by atoms with Gasteiger partial charge in [-0.05, 0) is 43.7 Å². The van der Waals surface area contributed by atoms with Gasteiger partial charge >= 0.3 is 0 Å². The number of morpholine rings is 1. The summed E-state index contributed by atoms with van der Waals surface area (Å²) >= 11 is 1.24. The van der Waals surface area contributed by atoms with Gasteiger partial charge in [0.1, 0.15) is 10.6 Å². The third kappa shape index (κ3) is 5.49. The highest BCUT2D eigenvalue weighted by Crippen LogP contribution is 2.28. The number of thioether (sulfide) groups is 1. The van der Waals surface area contributed by atoms with Gasteiger partial charge in [0.15, 0.2) is 5.16 Å². The Balaban J connectivity index is 1.46. The van der Waals surface area contributed by atoms with Crippen LogP contribution in [0.25, 0.3) is 11.0 Å². The molecule has 0 bridgehead atoms. The molecule has 33 heavy (non-hydrogen) atoms. The highest BCUT2D eigenvalue weighted by atomic mass is 32.2. The van der Waals surface area contributed by atoms with Crippen molar-refractivity contribution in [3.05, 3.63) is 42.0 Å². The predicted octanol–water partition coefficient (Wildman–Crippen LogP) is 3.02. The molecule has 1 aliphatic rings. The molecule has 4 rings (SSSR count). The highest BCUT2D eigenvalue weighted by molar-refractivity contribution is 7.99. The largest absolute Gasteiger partial charge is 0.494 e. The van der Waals surface area contributed by atoms with E-state index in [1.54, 1.807) is 18.2 Å². The average Bonchev–Trinajstić information content (AvgIpc) is 3.22. The summed E-state index contributed by atoms with van der Waals surface area (Å²) in [5.74, 6) is 0.498. The van der Waals surface area contributed by atoms with Crippen LogP contribution in [0.2, 0.25) is 0 Å². The van der Waals surface area contributed by atoms with Crippen molar-refractivity contribution >= 4 is 44.4 Å². The van der Waals surface area contributed by atoms with E-state index < -0.39 is 10.0 Å². The summed E-state index contributed by atoms with van der Waals surface area (Å²) < 4.78 is 38.5. The minimum Gasteiger partial charge on any atom is -0.494 e. The monoisotopic (exact) mass is 490 g/mol. The zero-order valence-corrected chi connectivity index (χ0v) is 20.1. The van der Waals surface area contributed by atoms with Crippen molar-refractivity contribution in [3.8, 4) is 5.75 Å². The van der Waals surface area contributed by atoms with Crippen LogP contribution in [-0.2, 0) is 19.6 Å². The van der Waals surface area contributed by atoms with E-state index in [9.17, 15) is 13.2 Å². The second-order valence-electron chi connectivity index (χ2n) is 7.51. The summed E-state index contributed by atoms with van der Waals surface area (Å²) in [5.41, 5.74) is 2.66. The molecule has 1 amide bonds. The minimum absolute atomic E-state index is 0.0725. The van der Waals surface area contributed by atoms with Crippen molar-refractivity contribution in [2.75, 3.05) is 44.0 Å². The number of ether oxygens (including phenoxy) is 2. The number of sulfonamides is 1. The highest BCUT2D eigenvalue weighted by Gasteiger charge is 2.29. The summed E-state index contributed by atoms with van der Waals surface area (Å²) in [6.45, 7) is 5.59. The number of carbonyl (C=O) groups excluding carboxylic acids is 1. The molecule has 11 heteroatoms. The van der Waals surface area contributed by atoms with Crippen LogP contribution in [0.1, 0.15) is 12.5 Å². The maximum Gasteiger partial charge on any atom is 0.245 e. The number of benzene rings is 2. The van der Waals surface area contributed by atoms with Crippen molar-refractivity contribution in [1.82, 2.24) is 14.3 Å². The van der Waals surface area contributed by atoms with E-state index in [-0.39, 0.29) is 35.3 Å². The van der Waals surface area contributed by atoms with Gasteiger partial charge < -0.3 is 19.8 Å². The zero-order valence-electron chi connectivity index (χ0n) is 18.5. The van der Waals surface area contributed by atoms with E-state index in [4.69, 9.17) is 9.47 Å². The lowest BCUT2D eigenvalue weighted by atomic mass is 10.2. The molecule has 9 nitrogen and oxygen atoms in total. The molecule has 1 fully saturated rings. The summed E-state index contributed by atoms with van der Waals surface area (Å²) in [4.78, 5) is 20.4. The van der Waals surface area contributed by atoms with Gasteiger partial charge in [-0.1, -0.05) is 17.8 Å². The molecular weight excluding hydrogens is 464 g/mol. The Morgan fingerprint density at radius 3 is 2.79 bits per heavy atom. The fourth-order valence-corrected chi connectivity index (χ4v) is 5.81. The van der Waals surface area contributed by atoms with Crippen molar-refractivity contribution in [2.24, 2.45) is 0 Å². The molecule has 3 aromatic rings. The number of nitrogens with zero attached hydrogens (tertiary/aromatic N) is 2. The number of aryl methyl sites for hydroxylation is 1. The van der Waals surface area contributed by atoms with Gasteiger partial charge in [0.2, 0.25) is 15.9 Å². The number of fused-ring (bicyclic) bond motifs is 1. The van der Waals surface area contributed by atoms with Gasteiger partial charge in [0, 0.05) is 19.2 Å². The minimum atomic E-state index is -3.75. The van der Waals surface area contributed by atoms with Crippen molar-refractivity contribution in [2.45, 2.75) is 23.9 Å². The SMILES string of the molecule is CCOc1ccc2nc(SCC(=O)Nc3ccc(C)cc3S(=O)(=O)N3CCOCC3)[nH]c2c1. The Hall–Kier alpha value is -2.60. The molecule has 1 saturated heterocycles. The lowest BCUT2D eigenvalue weighted by Gasteiger charge is -2.27. The summed E-state index contributed by atoms with van der Waals surface area (Å²) in [5, 5.41) is 3.35. The molecule has 2 heterocycles. The molecule has 2 aromatic carbocycles. The molecule has 0 atom stereocenters. The zero-order chi connectivity index (χ0) is 23.4. The number of anilines is 1. The Morgan fingerprint density at radius 1 is 1.24 bits per heavy atom. The lowest BCUT2D eigenvalue weighted by molar-refractivity contribution is -0.113. The third-order valence-corrected chi connectivity index (χ3v) is 7.89. The van der Waals surface area contributed by atoms with Gasteiger partial charge in [-0.3, -0.25) is 4.79 Å². The van der Waals surface area contributed by atoms with Crippen LogP contribution < -0.4 is 10.1 Å². The first-order chi connectivity index (χ1) is 15.9. The molecule has 0 radical (unpaired) electrons. The van der Waals surface area contributed by atoms with E-state index in [1.165, 1.54) is 16.1 Å². The van der Waals surface area contributed by atoms with E-state index >= 15 is 0 Å². The number of amides is 1. The second-order valence-corrected chi connectivity index (χ2v) is 10.4. The molecule has 1 aromatic heterocycles. The van der Waals surface area contributed by atoms with Crippen LogP contribution in [0.5, 0.6) is 5.75 Å². The molecule has 0 saturated carbocycles. The molecular formula is C22H26N4O5S2. The van der Waals surface area contributed by atoms with Crippen molar-refractivity contribution < 1.29 is 22.7 Å². The standard InChI is InChI=1S/C22H26N4O5S2/c1-3-31-16-5-7-17-19(13-16)25-22(24-17)32-14-21(27)23-18-6-4-15(2)12-20(18)33(28,29)26-8-10-30-11-9-26/h4-7,12-13H,3,8-11,14H2,1-2H3,(H,23,27)(H,24,25). The number of imidazole rings is 1. The van der Waals surface area contributed by atoms with Crippen LogP contribution in [-0.4, -0.2) is 67.3 Å². The Bertz CT molecular complexity index is 1250. The molecule has 1 aliphatic heterocycles. The van der Waals surface area contributed by atoms with Crippen LogP contribution >= 0.6 is 11.8 Å². The van der Waals surface area contributed by atoms with Crippen LogP contribution in [0, 0.1) is 6.92 Å². The van der Waals surface area contributed by atoms with Crippen LogP contribution in [0.3, 0.4) is 0 Å². The molecule has 0 spiro atoms. The van der Waals surface area contributed by atoms with Gasteiger partial charge in [-0.2, -0.15) is 4.31 Å². The fourth-order valence-electron chi connectivity index (χ4n) is 3.48. The average molecular weight is 491 g/mol. The summed E-state index contributed by atoms with van der Waals surface area (Å²) in [6.07, 6.45) is 0. The maximum absolute atomic E-state index is 13.2. The molecule has 2 N–H and O–H groups in total. The lowest BCUT2D eigenvalue weighted by Crippen LogP contribution is -2.41. The van der Waals surface area contributed by atoms with Gasteiger partial charge in [0.25, 0.3) is 0 Å². The first kappa shape index (κ1) is 23.6. The molecule has 0 aliphatic carbocycles. The topological polar surface area (TPSA) is 114 Å². The normalized spacial score (nSPS) is 15.0. The van der Waals surface area contributed by atoms with Crippen molar-refractivity contribution in [3.63, 3.8) is 0 Å². The third-order valence-electron chi connectivity index (χ3n) is 5.08. The van der Waals surface area contributed by atoms with E-state index in [2.05, 4.69) is 15.3 Å². The summed E-state index contributed by atoms with van der Waals surface area (Å²) in [7, 11) is -3.75. The number of H-pyrrole nitrogens is 1. The van der Waals surface area contributed by atoms with E-state index in [0.29, 0.717) is 25.0 Å². The Labute approximate surface area is 196 Å². The van der Waals surface area contributed by atoms with Gasteiger partial charge in [-0.25, -0.2) is 13.4 Å². The number of nitrogens with one attached hydrogen (secondary N) is 2.